The van der Waals surface area contributed by atoms with Gasteiger partial charge in [-0.2, -0.15) is 5.26 Å². The number of anilines is 1. The number of hydrogen-bond donors (Lipinski definition) is 0. The molecule has 0 aliphatic carbocycles. The van der Waals surface area contributed by atoms with Crippen molar-refractivity contribution in [1.29, 1.82) is 5.26 Å². The van der Waals surface area contributed by atoms with Gasteiger partial charge in [0.05, 0.1) is 0 Å². The third-order valence-corrected chi connectivity index (χ3v) is 3.73. The SMILES string of the molecule is CN(C)c1nnc(Sc2nccc(C#N)n2)s1. The lowest BCUT2D eigenvalue weighted by Crippen LogP contribution is -2.07. The second-order valence-electron chi connectivity index (χ2n) is 3.18. The maximum atomic E-state index is 8.72. The van der Waals surface area contributed by atoms with Crippen LogP contribution in [0.1, 0.15) is 5.69 Å². The van der Waals surface area contributed by atoms with E-state index in [0.717, 1.165) is 9.47 Å². The van der Waals surface area contributed by atoms with Crippen molar-refractivity contribution in [1.82, 2.24) is 20.2 Å². The predicted octanol–water partition coefficient (Wildman–Crippen LogP) is 1.42. The van der Waals surface area contributed by atoms with Gasteiger partial charge in [0.1, 0.15) is 11.8 Å². The highest BCUT2D eigenvalue weighted by molar-refractivity contribution is 8.00. The molecular formula is C9H8N6S2. The molecule has 6 nitrogen and oxygen atoms in total. The Morgan fingerprint density at radius 1 is 1.41 bits per heavy atom. The molecule has 2 aromatic heterocycles. The molecule has 2 rings (SSSR count). The Morgan fingerprint density at radius 3 is 2.88 bits per heavy atom. The highest BCUT2D eigenvalue weighted by Gasteiger charge is 2.09. The molecule has 8 heteroatoms. The Kier molecular flexibility index (Phi) is 3.51. The summed E-state index contributed by atoms with van der Waals surface area (Å²) in [7, 11) is 3.81. The first-order chi connectivity index (χ1) is 8.19. The fourth-order valence-electron chi connectivity index (χ4n) is 0.955. The van der Waals surface area contributed by atoms with Crippen molar-refractivity contribution in [3.63, 3.8) is 0 Å². The van der Waals surface area contributed by atoms with Crippen molar-refractivity contribution in [2.24, 2.45) is 0 Å². The zero-order valence-corrected chi connectivity index (χ0v) is 10.8. The monoisotopic (exact) mass is 264 g/mol. The van der Waals surface area contributed by atoms with Crippen LogP contribution in [0.2, 0.25) is 0 Å². The van der Waals surface area contributed by atoms with Gasteiger partial charge in [-0.25, -0.2) is 9.97 Å². The summed E-state index contributed by atoms with van der Waals surface area (Å²) in [5.41, 5.74) is 0.347. The zero-order chi connectivity index (χ0) is 12.3. The molecule has 0 N–H and O–H groups in total. The molecule has 0 bridgehead atoms. The minimum absolute atomic E-state index is 0.347. The van der Waals surface area contributed by atoms with Crippen LogP contribution in [-0.4, -0.2) is 34.3 Å². The van der Waals surface area contributed by atoms with Gasteiger partial charge < -0.3 is 4.90 Å². The van der Waals surface area contributed by atoms with E-state index in [1.54, 1.807) is 12.3 Å². The first-order valence-electron chi connectivity index (χ1n) is 4.61. The van der Waals surface area contributed by atoms with Crippen LogP contribution in [0.15, 0.2) is 21.8 Å². The van der Waals surface area contributed by atoms with E-state index in [4.69, 9.17) is 5.26 Å². The van der Waals surface area contributed by atoms with Crippen molar-refractivity contribution in [3.8, 4) is 6.07 Å². The number of rotatable bonds is 3. The van der Waals surface area contributed by atoms with Crippen LogP contribution in [0.25, 0.3) is 0 Å². The Hall–Kier alpha value is -1.72. The summed E-state index contributed by atoms with van der Waals surface area (Å²) in [6, 6.07) is 3.54. The largest absolute Gasteiger partial charge is 0.353 e. The summed E-state index contributed by atoms with van der Waals surface area (Å²) in [6.45, 7) is 0. The number of aromatic nitrogens is 4. The van der Waals surface area contributed by atoms with Crippen molar-refractivity contribution in [3.05, 3.63) is 18.0 Å². The normalized spacial score (nSPS) is 9.94. The number of nitrogens with zero attached hydrogens (tertiary/aromatic N) is 6. The molecule has 2 aromatic rings. The molecule has 0 spiro atoms. The fourth-order valence-corrected chi connectivity index (χ4v) is 2.57. The predicted molar refractivity (Wildman–Crippen MR) is 65.1 cm³/mol. The van der Waals surface area contributed by atoms with Crippen LogP contribution >= 0.6 is 23.1 Å². The van der Waals surface area contributed by atoms with Crippen LogP contribution in [-0.2, 0) is 0 Å². The Balaban J connectivity index is 2.17. The van der Waals surface area contributed by atoms with Crippen LogP contribution in [0.4, 0.5) is 5.13 Å². The van der Waals surface area contributed by atoms with E-state index in [2.05, 4.69) is 20.2 Å². The molecule has 2 heterocycles. The standard InChI is InChI=1S/C9H8N6S2/c1-15(2)8-13-14-9(17-8)16-7-11-4-3-6(5-10)12-7/h3-4H,1-2H3. The van der Waals surface area contributed by atoms with Crippen molar-refractivity contribution in [2.75, 3.05) is 19.0 Å². The van der Waals surface area contributed by atoms with Gasteiger partial charge in [-0.15, -0.1) is 10.2 Å². The van der Waals surface area contributed by atoms with E-state index in [1.807, 2.05) is 25.1 Å². The summed E-state index contributed by atoms with van der Waals surface area (Å²) >= 11 is 2.75. The van der Waals surface area contributed by atoms with Crippen molar-refractivity contribution in [2.45, 2.75) is 9.50 Å². The van der Waals surface area contributed by atoms with Gasteiger partial charge in [-0.3, -0.25) is 0 Å². The quantitative estimate of drug-likeness (QED) is 0.775. The number of hydrogen-bond acceptors (Lipinski definition) is 8. The summed E-state index contributed by atoms with van der Waals surface area (Å²) in [6.07, 6.45) is 1.56. The highest BCUT2D eigenvalue weighted by Crippen LogP contribution is 2.30. The van der Waals surface area contributed by atoms with Gasteiger partial charge in [0, 0.05) is 20.3 Å². The second-order valence-corrected chi connectivity index (χ2v) is 5.35. The van der Waals surface area contributed by atoms with Crippen molar-refractivity contribution >= 4 is 28.2 Å². The van der Waals surface area contributed by atoms with E-state index in [0.29, 0.717) is 10.9 Å². The van der Waals surface area contributed by atoms with Crippen molar-refractivity contribution < 1.29 is 0 Å². The van der Waals surface area contributed by atoms with Gasteiger partial charge >= 0.3 is 0 Å². The smallest absolute Gasteiger partial charge is 0.208 e. The van der Waals surface area contributed by atoms with Crippen LogP contribution in [0.3, 0.4) is 0 Å². The minimum atomic E-state index is 0.347. The van der Waals surface area contributed by atoms with Crippen LogP contribution in [0, 0.1) is 11.3 Å². The van der Waals surface area contributed by atoms with E-state index in [-0.39, 0.29) is 0 Å². The lowest BCUT2D eigenvalue weighted by atomic mass is 10.5. The molecular weight excluding hydrogens is 256 g/mol. The van der Waals surface area contributed by atoms with Gasteiger partial charge in [0.2, 0.25) is 5.13 Å². The average molecular weight is 264 g/mol. The molecule has 17 heavy (non-hydrogen) atoms. The molecule has 0 amide bonds. The molecule has 0 fully saturated rings. The van der Waals surface area contributed by atoms with Gasteiger partial charge in [0.25, 0.3) is 0 Å². The first-order valence-corrected chi connectivity index (χ1v) is 6.24. The van der Waals surface area contributed by atoms with E-state index in [1.165, 1.54) is 23.1 Å². The second kappa shape index (κ2) is 5.07. The molecule has 0 radical (unpaired) electrons. The van der Waals surface area contributed by atoms with Gasteiger partial charge in [-0.05, 0) is 17.8 Å². The maximum absolute atomic E-state index is 8.72. The first kappa shape index (κ1) is 11.8. The van der Waals surface area contributed by atoms with E-state index >= 15 is 0 Å². The topological polar surface area (TPSA) is 78.6 Å². The maximum Gasteiger partial charge on any atom is 0.208 e. The molecule has 86 valence electrons. The molecule has 0 aliphatic rings. The highest BCUT2D eigenvalue weighted by atomic mass is 32.2. The van der Waals surface area contributed by atoms with Crippen LogP contribution < -0.4 is 4.90 Å². The van der Waals surface area contributed by atoms with Crippen LogP contribution in [0.5, 0.6) is 0 Å². The third-order valence-electron chi connectivity index (χ3n) is 1.70. The zero-order valence-electron chi connectivity index (χ0n) is 9.15. The lowest BCUT2D eigenvalue weighted by molar-refractivity contribution is 0.937. The molecule has 0 atom stereocenters. The molecule has 0 saturated heterocycles. The lowest BCUT2D eigenvalue weighted by Gasteiger charge is -2.03. The Morgan fingerprint density at radius 2 is 2.24 bits per heavy atom. The van der Waals surface area contributed by atoms with Gasteiger partial charge in [-0.1, -0.05) is 11.3 Å². The Bertz CT molecular complexity index is 559. The fraction of sp³-hybridized carbons (Fsp3) is 0.222. The summed E-state index contributed by atoms with van der Waals surface area (Å²) in [5.74, 6) is 0. The summed E-state index contributed by atoms with van der Waals surface area (Å²) < 4.78 is 0.754. The molecule has 0 aromatic carbocycles. The van der Waals surface area contributed by atoms with Gasteiger partial charge in [0.15, 0.2) is 9.50 Å². The molecule has 0 saturated carbocycles. The van der Waals surface area contributed by atoms with E-state index < -0.39 is 0 Å². The summed E-state index contributed by atoms with van der Waals surface area (Å²) in [5, 5.41) is 18.1. The number of nitriles is 1. The molecule has 0 aliphatic heterocycles. The minimum Gasteiger partial charge on any atom is -0.353 e. The average Bonchev–Trinajstić information content (AvgIpc) is 2.78. The molecule has 0 unspecified atom stereocenters. The Labute approximate surface area is 106 Å². The third kappa shape index (κ3) is 2.89. The summed E-state index contributed by atoms with van der Waals surface area (Å²) in [4.78, 5) is 10.0. The van der Waals surface area contributed by atoms with E-state index in [9.17, 15) is 0 Å².